The van der Waals surface area contributed by atoms with Gasteiger partial charge in [0.05, 0.1) is 5.02 Å². The van der Waals surface area contributed by atoms with Crippen LogP contribution in [0.2, 0.25) is 5.02 Å². The lowest BCUT2D eigenvalue weighted by atomic mass is 10.1. The zero-order valence-corrected chi connectivity index (χ0v) is 13.6. The number of hydrogen-bond donors (Lipinski definition) is 1. The highest BCUT2D eigenvalue weighted by molar-refractivity contribution is 6.31. The van der Waals surface area contributed by atoms with Gasteiger partial charge in [-0.25, -0.2) is 4.39 Å². The molecule has 0 saturated carbocycles. The number of ketones is 1. The highest BCUT2D eigenvalue weighted by Gasteiger charge is 2.39. The fourth-order valence-corrected chi connectivity index (χ4v) is 3.49. The van der Waals surface area contributed by atoms with E-state index in [0.717, 1.165) is 21.8 Å². The van der Waals surface area contributed by atoms with Gasteiger partial charge in [0.15, 0.2) is 6.20 Å². The van der Waals surface area contributed by atoms with Gasteiger partial charge in [0, 0.05) is 28.4 Å². The van der Waals surface area contributed by atoms with Crippen LogP contribution in [0.25, 0.3) is 27.5 Å². The minimum atomic E-state index is -0.583. The number of carbonyl (C=O) groups excluding carboxylic acids is 1. The molecule has 3 nitrogen and oxygen atoms in total. The summed E-state index contributed by atoms with van der Waals surface area (Å²) in [5.74, 6) is -0.784. The second-order valence-corrected chi connectivity index (χ2v) is 6.01. The number of benzene rings is 2. The van der Waals surface area contributed by atoms with Gasteiger partial charge in [0.1, 0.15) is 16.9 Å². The molecule has 0 fully saturated rings. The van der Waals surface area contributed by atoms with Crippen molar-refractivity contribution in [2.75, 3.05) is 0 Å². The fraction of sp³-hybridized carbons (Fsp3) is 0. The predicted molar refractivity (Wildman–Crippen MR) is 85.7 cm³/mol. The van der Waals surface area contributed by atoms with Crippen molar-refractivity contribution >= 4 is 39.2 Å². The smallest absolute Gasteiger partial charge is 0.284 e. The van der Waals surface area contributed by atoms with Gasteiger partial charge in [-0.3, -0.25) is 4.79 Å². The Morgan fingerprint density at radius 3 is 2.71 bits per heavy atom. The maximum atomic E-state index is 13.8. The van der Waals surface area contributed by atoms with Crippen molar-refractivity contribution in [1.82, 2.24) is 4.98 Å². The number of para-hydroxylation sites is 1. The zero-order chi connectivity index (χ0) is 15.7. The first-order chi connectivity index (χ1) is 11.1. The van der Waals surface area contributed by atoms with Crippen molar-refractivity contribution < 1.29 is 26.2 Å². The third kappa shape index (κ3) is 1.78. The van der Waals surface area contributed by atoms with Crippen LogP contribution in [0.1, 0.15) is 16.1 Å². The van der Waals surface area contributed by atoms with Gasteiger partial charge >= 0.3 is 0 Å². The lowest BCUT2D eigenvalue weighted by Gasteiger charge is -1.96. The Bertz CT molecular complexity index is 1170. The van der Waals surface area contributed by atoms with Gasteiger partial charge in [0.2, 0.25) is 5.69 Å². The Balaban J connectivity index is 0.00000146. The molecule has 0 radical (unpaired) electrons. The molecule has 0 bridgehead atoms. The number of fused-ring (bicyclic) bond motifs is 7. The zero-order valence-electron chi connectivity index (χ0n) is 12.1. The van der Waals surface area contributed by atoms with Crippen molar-refractivity contribution in [3.8, 4) is 5.69 Å². The Kier molecular flexibility index (Phi) is 3.17. The van der Waals surface area contributed by atoms with Crippen molar-refractivity contribution in [3.63, 3.8) is 0 Å². The Morgan fingerprint density at radius 1 is 1.08 bits per heavy atom. The molecule has 0 saturated heterocycles. The van der Waals surface area contributed by atoms with E-state index in [1.165, 1.54) is 12.1 Å². The molecule has 0 atom stereocenters. The second-order valence-electron chi connectivity index (χ2n) is 5.61. The molecule has 2 aromatic heterocycles. The lowest BCUT2D eigenvalue weighted by molar-refractivity contribution is -0.592. The Labute approximate surface area is 147 Å². The minimum absolute atomic E-state index is 0. The van der Waals surface area contributed by atoms with Gasteiger partial charge < -0.3 is 17.4 Å². The molecule has 24 heavy (non-hydrogen) atoms. The topological polar surface area (TPSA) is 36.7 Å². The standard InChI is InChI=1S/C18H8ClFN2O.ClH/c19-12-8-15-11(7-13(12)20)18(23)17-16-10(5-6-22(15)17)9-3-1-2-4-14(9)21-16;/h1-8H;1H. The van der Waals surface area contributed by atoms with Gasteiger partial charge in [-0.05, 0) is 12.1 Å². The van der Waals surface area contributed by atoms with Crippen molar-refractivity contribution in [2.45, 2.75) is 0 Å². The van der Waals surface area contributed by atoms with E-state index in [1.807, 2.05) is 36.5 Å². The normalized spacial score (nSPS) is 12.3. The molecular formula is C18H9Cl2FN2O. The first-order valence-electron chi connectivity index (χ1n) is 7.14. The maximum Gasteiger partial charge on any atom is 0.284 e. The first kappa shape index (κ1) is 15.1. The van der Waals surface area contributed by atoms with Crippen LogP contribution in [0.5, 0.6) is 0 Å². The van der Waals surface area contributed by atoms with Crippen LogP contribution in [-0.2, 0) is 0 Å². The molecule has 0 amide bonds. The number of rotatable bonds is 0. The number of pyridine rings is 1. The summed E-state index contributed by atoms with van der Waals surface area (Å²) in [7, 11) is 0. The van der Waals surface area contributed by atoms with Gasteiger partial charge in [0.25, 0.3) is 11.5 Å². The molecule has 118 valence electrons. The summed E-state index contributed by atoms with van der Waals surface area (Å²) in [6.45, 7) is 0. The highest BCUT2D eigenvalue weighted by Crippen LogP contribution is 2.32. The molecule has 1 aliphatic rings. The molecular weight excluding hydrogens is 350 g/mol. The van der Waals surface area contributed by atoms with Crippen LogP contribution >= 0.6 is 11.6 Å². The van der Waals surface area contributed by atoms with E-state index in [-0.39, 0.29) is 23.2 Å². The number of nitrogens with one attached hydrogen (secondary N) is 1. The van der Waals surface area contributed by atoms with Crippen LogP contribution in [0, 0.1) is 5.82 Å². The van der Waals surface area contributed by atoms with E-state index in [1.54, 1.807) is 4.57 Å². The van der Waals surface area contributed by atoms with Crippen LogP contribution in [0.4, 0.5) is 4.39 Å². The van der Waals surface area contributed by atoms with Crippen LogP contribution in [0.3, 0.4) is 0 Å². The molecule has 6 heteroatoms. The highest BCUT2D eigenvalue weighted by atomic mass is 35.5. The Hall–Kier alpha value is -2.43. The molecule has 4 aromatic rings. The van der Waals surface area contributed by atoms with Gasteiger partial charge in [-0.15, -0.1) is 0 Å². The average Bonchev–Trinajstić information content (AvgIpc) is 3.05. The third-order valence-corrected chi connectivity index (χ3v) is 4.66. The number of hydrogen-bond acceptors (Lipinski definition) is 1. The van der Waals surface area contributed by atoms with Crippen LogP contribution in [-0.4, -0.2) is 10.8 Å². The van der Waals surface area contributed by atoms with E-state index in [4.69, 9.17) is 11.6 Å². The first-order valence-corrected chi connectivity index (χ1v) is 7.52. The summed E-state index contributed by atoms with van der Waals surface area (Å²) in [6.07, 6.45) is 1.83. The largest absolute Gasteiger partial charge is 1.00 e. The molecule has 3 heterocycles. The molecule has 1 aliphatic heterocycles. The van der Waals surface area contributed by atoms with Crippen molar-refractivity contribution in [2.24, 2.45) is 0 Å². The molecule has 0 spiro atoms. The SMILES string of the molecule is O=C1c2cc(F)c(Cl)cc2-[n+]2ccc3c([nH]c4ccccc43)c21.[Cl-]. The van der Waals surface area contributed by atoms with Gasteiger partial charge in [-0.2, -0.15) is 4.57 Å². The van der Waals surface area contributed by atoms with Crippen LogP contribution in [0.15, 0.2) is 48.7 Å². The summed E-state index contributed by atoms with van der Waals surface area (Å²) >= 11 is 5.88. The summed E-state index contributed by atoms with van der Waals surface area (Å²) in [6, 6.07) is 12.5. The monoisotopic (exact) mass is 358 g/mol. The molecule has 0 aliphatic carbocycles. The van der Waals surface area contributed by atoms with E-state index in [2.05, 4.69) is 4.98 Å². The van der Waals surface area contributed by atoms with E-state index in [9.17, 15) is 9.18 Å². The maximum absolute atomic E-state index is 13.8. The third-order valence-electron chi connectivity index (χ3n) is 4.37. The van der Waals surface area contributed by atoms with Gasteiger partial charge in [-0.1, -0.05) is 29.8 Å². The molecule has 5 rings (SSSR count). The fourth-order valence-electron chi connectivity index (χ4n) is 3.34. The van der Waals surface area contributed by atoms with Crippen LogP contribution < -0.4 is 17.0 Å². The number of H-pyrrole nitrogens is 1. The summed E-state index contributed by atoms with van der Waals surface area (Å²) < 4.78 is 15.5. The van der Waals surface area contributed by atoms with E-state index < -0.39 is 5.82 Å². The quantitative estimate of drug-likeness (QED) is 0.411. The molecule has 1 N–H and O–H groups in total. The van der Waals surface area contributed by atoms with E-state index >= 15 is 0 Å². The number of carbonyl (C=O) groups is 1. The number of halogens is 3. The Morgan fingerprint density at radius 2 is 1.88 bits per heavy atom. The molecule has 0 unspecified atom stereocenters. The summed E-state index contributed by atoms with van der Waals surface area (Å²) in [4.78, 5) is 16.1. The van der Waals surface area contributed by atoms with E-state index in [0.29, 0.717) is 16.9 Å². The minimum Gasteiger partial charge on any atom is -1.00 e. The van der Waals surface area contributed by atoms with Crippen molar-refractivity contribution in [1.29, 1.82) is 0 Å². The summed E-state index contributed by atoms with van der Waals surface area (Å²) in [5, 5.41) is 2.03. The number of aromatic nitrogens is 2. The van der Waals surface area contributed by atoms with Crippen molar-refractivity contribution in [3.05, 3.63) is 70.8 Å². The summed E-state index contributed by atoms with van der Waals surface area (Å²) in [5.41, 5.74) is 3.17. The number of nitrogens with zero attached hydrogens (tertiary/aromatic N) is 1. The lowest BCUT2D eigenvalue weighted by Crippen LogP contribution is -3.00. The predicted octanol–water partition coefficient (Wildman–Crippen LogP) is 0.939. The number of aromatic amines is 1. The molecule has 2 aromatic carbocycles. The second kappa shape index (κ2) is 5.03. The average molecular weight is 359 g/mol.